The summed E-state index contributed by atoms with van der Waals surface area (Å²) in [6.45, 7) is 3.39. The molecule has 7 heteroatoms. The van der Waals surface area contributed by atoms with E-state index in [4.69, 9.17) is 16.3 Å². The van der Waals surface area contributed by atoms with Gasteiger partial charge >= 0.3 is 0 Å². The summed E-state index contributed by atoms with van der Waals surface area (Å²) in [7, 11) is 1.91. The molecule has 1 unspecified atom stereocenters. The second-order valence-electron chi connectivity index (χ2n) is 6.52. The standard InChI is InChI=1S/C21H26ClN3O3/c1-3-16-6-4-5-7-19(16)24-20(26)14-23-21(27)15-25(2)12-13-28-18-10-8-17(22)9-11-18/h4-11H,3,12-15H2,1-2H3,(H,23,27)(H,24,26)/p+1. The molecule has 28 heavy (non-hydrogen) atoms. The van der Waals surface area contributed by atoms with E-state index in [2.05, 4.69) is 10.6 Å². The predicted octanol–water partition coefficient (Wildman–Crippen LogP) is 1.55. The molecule has 2 rings (SSSR count). The fraction of sp³-hybridized carbons (Fsp3) is 0.333. The van der Waals surface area contributed by atoms with Gasteiger partial charge in [-0.2, -0.15) is 0 Å². The van der Waals surface area contributed by atoms with Crippen molar-refractivity contribution in [1.29, 1.82) is 0 Å². The molecule has 0 fully saturated rings. The molecule has 0 aliphatic heterocycles. The fourth-order valence-electron chi connectivity index (χ4n) is 2.62. The van der Waals surface area contributed by atoms with Crippen LogP contribution >= 0.6 is 11.6 Å². The number of anilines is 1. The van der Waals surface area contributed by atoms with Crippen LogP contribution in [0.15, 0.2) is 48.5 Å². The topological polar surface area (TPSA) is 71.9 Å². The molecule has 0 saturated carbocycles. The van der Waals surface area contributed by atoms with Crippen molar-refractivity contribution in [2.24, 2.45) is 0 Å². The molecular weight excluding hydrogens is 378 g/mol. The first-order valence-electron chi connectivity index (χ1n) is 9.32. The summed E-state index contributed by atoms with van der Waals surface area (Å²) in [5, 5.41) is 6.16. The summed E-state index contributed by atoms with van der Waals surface area (Å²) in [4.78, 5) is 25.1. The Morgan fingerprint density at radius 2 is 1.79 bits per heavy atom. The number of halogens is 1. The first kappa shape index (κ1) is 21.7. The number of carbonyl (C=O) groups excluding carboxylic acids is 2. The molecule has 150 valence electrons. The SMILES string of the molecule is CCc1ccccc1NC(=O)CNC(=O)C[NH+](C)CCOc1ccc(Cl)cc1. The second kappa shape index (κ2) is 11.3. The number of rotatable bonds is 10. The monoisotopic (exact) mass is 404 g/mol. The minimum atomic E-state index is -0.238. The van der Waals surface area contributed by atoms with Crippen LogP contribution in [0, 0.1) is 0 Å². The molecular formula is C21H27ClN3O3+. The number of quaternary nitrogens is 1. The maximum Gasteiger partial charge on any atom is 0.275 e. The molecule has 0 saturated heterocycles. The van der Waals surface area contributed by atoms with Gasteiger partial charge in [0, 0.05) is 10.7 Å². The molecule has 0 bridgehead atoms. The van der Waals surface area contributed by atoms with Crippen molar-refractivity contribution < 1.29 is 19.2 Å². The van der Waals surface area contributed by atoms with Crippen LogP contribution in [0.5, 0.6) is 5.75 Å². The van der Waals surface area contributed by atoms with Crippen LogP contribution in [0.25, 0.3) is 0 Å². The average Bonchev–Trinajstić information content (AvgIpc) is 2.68. The minimum absolute atomic E-state index is 0.0502. The molecule has 0 aliphatic rings. The molecule has 6 nitrogen and oxygen atoms in total. The Bertz CT molecular complexity index is 781. The van der Waals surface area contributed by atoms with Crippen LogP contribution in [-0.2, 0) is 16.0 Å². The normalized spacial score (nSPS) is 11.5. The van der Waals surface area contributed by atoms with Crippen molar-refractivity contribution >= 4 is 29.1 Å². The first-order chi connectivity index (χ1) is 13.5. The number of hydrogen-bond acceptors (Lipinski definition) is 3. The number of para-hydroxylation sites is 1. The van der Waals surface area contributed by atoms with E-state index in [1.807, 2.05) is 38.2 Å². The summed E-state index contributed by atoms with van der Waals surface area (Å²) < 4.78 is 5.62. The van der Waals surface area contributed by atoms with Gasteiger partial charge in [0.2, 0.25) is 5.91 Å². The second-order valence-corrected chi connectivity index (χ2v) is 6.96. The molecule has 2 aromatic rings. The van der Waals surface area contributed by atoms with E-state index in [1.165, 1.54) is 0 Å². The molecule has 0 aliphatic carbocycles. The van der Waals surface area contributed by atoms with E-state index in [1.54, 1.807) is 24.3 Å². The smallest absolute Gasteiger partial charge is 0.275 e. The van der Waals surface area contributed by atoms with Crippen molar-refractivity contribution in [3.8, 4) is 5.75 Å². The lowest BCUT2D eigenvalue weighted by molar-refractivity contribution is -0.871. The highest BCUT2D eigenvalue weighted by atomic mass is 35.5. The van der Waals surface area contributed by atoms with Crippen LogP contribution in [0.1, 0.15) is 12.5 Å². The van der Waals surface area contributed by atoms with Crippen LogP contribution in [-0.4, -0.2) is 45.1 Å². The average molecular weight is 405 g/mol. The highest BCUT2D eigenvalue weighted by molar-refractivity contribution is 6.30. The van der Waals surface area contributed by atoms with Gasteiger partial charge in [0.25, 0.3) is 5.91 Å². The van der Waals surface area contributed by atoms with E-state index in [-0.39, 0.29) is 24.9 Å². The Hall–Kier alpha value is -2.57. The van der Waals surface area contributed by atoms with Crippen LogP contribution in [0.4, 0.5) is 5.69 Å². The molecule has 1 atom stereocenters. The van der Waals surface area contributed by atoms with Crippen molar-refractivity contribution in [2.45, 2.75) is 13.3 Å². The third kappa shape index (κ3) is 7.58. The number of ether oxygens (including phenoxy) is 1. The van der Waals surface area contributed by atoms with Crippen molar-refractivity contribution in [3.05, 3.63) is 59.1 Å². The number of amides is 2. The predicted molar refractivity (Wildman–Crippen MR) is 111 cm³/mol. The number of benzene rings is 2. The first-order valence-corrected chi connectivity index (χ1v) is 9.70. The minimum Gasteiger partial charge on any atom is -0.488 e. The Balaban J connectivity index is 1.65. The van der Waals surface area contributed by atoms with Crippen molar-refractivity contribution in [2.75, 3.05) is 38.6 Å². The maximum atomic E-state index is 12.1. The summed E-state index contributed by atoms with van der Waals surface area (Å²) in [6, 6.07) is 14.8. The van der Waals surface area contributed by atoms with Crippen LogP contribution in [0.2, 0.25) is 5.02 Å². The van der Waals surface area contributed by atoms with Gasteiger partial charge in [-0.3, -0.25) is 9.59 Å². The van der Waals surface area contributed by atoms with E-state index in [0.29, 0.717) is 18.2 Å². The van der Waals surface area contributed by atoms with Crippen LogP contribution < -0.4 is 20.3 Å². The largest absolute Gasteiger partial charge is 0.488 e. The Labute approximate surface area is 170 Å². The Morgan fingerprint density at radius 3 is 2.50 bits per heavy atom. The zero-order valence-electron chi connectivity index (χ0n) is 16.3. The third-order valence-electron chi connectivity index (χ3n) is 4.19. The maximum absolute atomic E-state index is 12.1. The van der Waals surface area contributed by atoms with Gasteiger partial charge in [-0.25, -0.2) is 0 Å². The summed E-state index contributed by atoms with van der Waals surface area (Å²) in [5.41, 5.74) is 1.85. The van der Waals surface area contributed by atoms with Crippen molar-refractivity contribution in [3.63, 3.8) is 0 Å². The van der Waals surface area contributed by atoms with Gasteiger partial charge < -0.3 is 20.3 Å². The number of nitrogens with one attached hydrogen (secondary N) is 3. The zero-order chi connectivity index (χ0) is 20.4. The Kier molecular flexibility index (Phi) is 8.78. The molecule has 0 aromatic heterocycles. The van der Waals surface area contributed by atoms with E-state index < -0.39 is 0 Å². The lowest BCUT2D eigenvalue weighted by Crippen LogP contribution is -3.10. The van der Waals surface area contributed by atoms with Gasteiger partial charge in [0.05, 0.1) is 13.6 Å². The van der Waals surface area contributed by atoms with E-state index >= 15 is 0 Å². The van der Waals surface area contributed by atoms with Gasteiger partial charge in [0.1, 0.15) is 18.9 Å². The zero-order valence-corrected chi connectivity index (χ0v) is 17.0. The molecule has 0 heterocycles. The Morgan fingerprint density at radius 1 is 1.07 bits per heavy atom. The number of likely N-dealkylation sites (N-methyl/N-ethyl adjacent to an activating group) is 1. The third-order valence-corrected chi connectivity index (χ3v) is 4.44. The molecule has 3 N–H and O–H groups in total. The van der Waals surface area contributed by atoms with Crippen molar-refractivity contribution in [1.82, 2.24) is 5.32 Å². The fourth-order valence-corrected chi connectivity index (χ4v) is 2.75. The quantitative estimate of drug-likeness (QED) is 0.562. The summed E-state index contributed by atoms with van der Waals surface area (Å²) >= 11 is 5.83. The van der Waals surface area contributed by atoms with Gasteiger partial charge in [0.15, 0.2) is 6.54 Å². The molecule has 0 radical (unpaired) electrons. The summed E-state index contributed by atoms with van der Waals surface area (Å²) in [6.07, 6.45) is 0.828. The van der Waals surface area contributed by atoms with E-state index in [0.717, 1.165) is 28.3 Å². The molecule has 2 aromatic carbocycles. The van der Waals surface area contributed by atoms with Crippen LogP contribution in [0.3, 0.4) is 0 Å². The lowest BCUT2D eigenvalue weighted by Gasteiger charge is -2.15. The summed E-state index contributed by atoms with van der Waals surface area (Å²) in [5.74, 6) is 0.326. The van der Waals surface area contributed by atoms with Gasteiger partial charge in [-0.15, -0.1) is 0 Å². The highest BCUT2D eigenvalue weighted by Gasteiger charge is 2.12. The van der Waals surface area contributed by atoms with Gasteiger partial charge in [-0.1, -0.05) is 36.7 Å². The lowest BCUT2D eigenvalue weighted by atomic mass is 10.1. The molecule has 2 amide bonds. The van der Waals surface area contributed by atoms with E-state index in [9.17, 15) is 9.59 Å². The number of aryl methyl sites for hydroxylation is 1. The van der Waals surface area contributed by atoms with Gasteiger partial charge in [-0.05, 0) is 42.3 Å². The number of hydrogen-bond donors (Lipinski definition) is 3. The number of carbonyl (C=O) groups is 2. The highest BCUT2D eigenvalue weighted by Crippen LogP contribution is 2.15. The molecule has 0 spiro atoms.